The van der Waals surface area contributed by atoms with E-state index in [0.717, 1.165) is 44.6 Å². The second-order valence-electron chi connectivity index (χ2n) is 8.00. The molecule has 27 heavy (non-hydrogen) atoms. The molecule has 140 valence electrons. The number of rotatable bonds is 2. The van der Waals surface area contributed by atoms with E-state index < -0.39 is 0 Å². The number of benzene rings is 2. The van der Waals surface area contributed by atoms with Gasteiger partial charge in [0.15, 0.2) is 0 Å². The number of aryl methyl sites for hydroxylation is 1. The Morgan fingerprint density at radius 1 is 1.07 bits per heavy atom. The van der Waals surface area contributed by atoms with Gasteiger partial charge in [-0.2, -0.15) is 5.10 Å². The van der Waals surface area contributed by atoms with E-state index in [2.05, 4.69) is 72.3 Å². The van der Waals surface area contributed by atoms with Gasteiger partial charge in [-0.05, 0) is 25.1 Å². The first-order valence-corrected chi connectivity index (χ1v) is 10.1. The average Bonchev–Trinajstić information content (AvgIpc) is 3.16. The van der Waals surface area contributed by atoms with Crippen LogP contribution in [0.15, 0.2) is 53.6 Å². The van der Waals surface area contributed by atoms with Gasteiger partial charge >= 0.3 is 0 Å². The van der Waals surface area contributed by atoms with Crippen molar-refractivity contribution in [3.8, 4) is 5.75 Å². The van der Waals surface area contributed by atoms with E-state index in [1.54, 1.807) is 0 Å². The lowest BCUT2D eigenvalue weighted by atomic mass is 9.90. The van der Waals surface area contributed by atoms with Crippen LogP contribution in [0.1, 0.15) is 48.9 Å². The second kappa shape index (κ2) is 6.38. The first-order valence-electron chi connectivity index (χ1n) is 10.1. The highest BCUT2D eigenvalue weighted by atomic mass is 16.5. The van der Waals surface area contributed by atoms with Gasteiger partial charge < -0.3 is 9.64 Å². The molecule has 0 radical (unpaired) electrons. The average molecular weight is 361 g/mol. The van der Waals surface area contributed by atoms with E-state index in [1.165, 1.54) is 22.4 Å². The summed E-state index contributed by atoms with van der Waals surface area (Å²) in [5, 5.41) is 7.45. The summed E-state index contributed by atoms with van der Waals surface area (Å²) in [6.07, 6.45) is 2.94. The second-order valence-corrected chi connectivity index (χ2v) is 8.00. The number of likely N-dealkylation sites (tertiary alicyclic amines) is 1. The van der Waals surface area contributed by atoms with Crippen molar-refractivity contribution >= 4 is 5.71 Å². The molecular formula is C23H27N3O. The fourth-order valence-electron chi connectivity index (χ4n) is 4.70. The standard InChI is InChI=1S/C23H27N3O/c1-3-25-14-12-23(13-15-25)26-21(19-6-4-5-7-22(19)27-23)16-20(24-26)18-10-8-17(2)9-11-18/h4-11,21H,3,12-16H2,1-2H3. The van der Waals surface area contributed by atoms with Crippen LogP contribution in [-0.2, 0) is 0 Å². The van der Waals surface area contributed by atoms with E-state index >= 15 is 0 Å². The largest absolute Gasteiger partial charge is 0.466 e. The van der Waals surface area contributed by atoms with Gasteiger partial charge in [-0.15, -0.1) is 0 Å². The Bertz CT molecular complexity index is 865. The zero-order chi connectivity index (χ0) is 18.4. The van der Waals surface area contributed by atoms with Crippen LogP contribution in [0.3, 0.4) is 0 Å². The minimum absolute atomic E-state index is 0.277. The minimum Gasteiger partial charge on any atom is -0.466 e. The molecule has 3 heterocycles. The first kappa shape index (κ1) is 16.8. The molecule has 4 nitrogen and oxygen atoms in total. The van der Waals surface area contributed by atoms with E-state index in [9.17, 15) is 0 Å². The predicted molar refractivity (Wildman–Crippen MR) is 108 cm³/mol. The molecule has 0 aliphatic carbocycles. The summed E-state index contributed by atoms with van der Waals surface area (Å²) in [7, 11) is 0. The Morgan fingerprint density at radius 3 is 2.56 bits per heavy atom. The number of fused-ring (bicyclic) bond motifs is 4. The SMILES string of the molecule is CCN1CCC2(CC1)Oc1ccccc1C1CC(c3ccc(C)cc3)=NN12. The van der Waals surface area contributed by atoms with Crippen molar-refractivity contribution in [2.45, 2.75) is 44.9 Å². The van der Waals surface area contributed by atoms with Crippen molar-refractivity contribution < 1.29 is 4.74 Å². The third-order valence-corrected chi connectivity index (χ3v) is 6.38. The van der Waals surface area contributed by atoms with Gasteiger partial charge in [-0.3, -0.25) is 0 Å². The number of ether oxygens (including phenoxy) is 1. The smallest absolute Gasteiger partial charge is 0.200 e. The third kappa shape index (κ3) is 2.74. The maximum absolute atomic E-state index is 6.66. The summed E-state index contributed by atoms with van der Waals surface area (Å²) in [5.41, 5.74) is 4.65. The lowest BCUT2D eigenvalue weighted by molar-refractivity contribution is -0.149. The van der Waals surface area contributed by atoms with Crippen molar-refractivity contribution in [2.24, 2.45) is 5.10 Å². The van der Waals surface area contributed by atoms with Crippen LogP contribution in [0.4, 0.5) is 0 Å². The van der Waals surface area contributed by atoms with Crippen LogP contribution < -0.4 is 4.74 Å². The highest BCUT2D eigenvalue weighted by molar-refractivity contribution is 6.02. The van der Waals surface area contributed by atoms with Crippen molar-refractivity contribution in [2.75, 3.05) is 19.6 Å². The van der Waals surface area contributed by atoms with E-state index in [4.69, 9.17) is 9.84 Å². The number of para-hydroxylation sites is 1. The molecule has 1 atom stereocenters. The maximum Gasteiger partial charge on any atom is 0.200 e. The molecule has 1 saturated heterocycles. The van der Waals surface area contributed by atoms with Gasteiger partial charge in [0.05, 0.1) is 11.8 Å². The molecule has 5 rings (SSSR count). The molecular weight excluding hydrogens is 334 g/mol. The number of hydrogen-bond acceptors (Lipinski definition) is 4. The molecule has 4 heteroatoms. The molecule has 0 aromatic heterocycles. The number of piperidine rings is 1. The van der Waals surface area contributed by atoms with Gasteiger partial charge in [0.1, 0.15) is 5.75 Å². The number of hydrogen-bond donors (Lipinski definition) is 0. The quantitative estimate of drug-likeness (QED) is 0.796. The Hall–Kier alpha value is -2.33. The van der Waals surface area contributed by atoms with Crippen molar-refractivity contribution in [3.05, 3.63) is 65.2 Å². The summed E-state index contributed by atoms with van der Waals surface area (Å²) in [5.74, 6) is 1.05. The van der Waals surface area contributed by atoms with E-state index in [0.29, 0.717) is 0 Å². The van der Waals surface area contributed by atoms with Crippen molar-refractivity contribution in [1.29, 1.82) is 0 Å². The highest BCUT2D eigenvalue weighted by Crippen LogP contribution is 2.49. The molecule has 2 aromatic rings. The monoisotopic (exact) mass is 361 g/mol. The number of hydrazone groups is 1. The first-order chi connectivity index (χ1) is 13.2. The Kier molecular flexibility index (Phi) is 3.97. The highest BCUT2D eigenvalue weighted by Gasteiger charge is 2.51. The summed E-state index contributed by atoms with van der Waals surface area (Å²) in [4.78, 5) is 2.50. The lowest BCUT2D eigenvalue weighted by Crippen LogP contribution is -2.59. The van der Waals surface area contributed by atoms with Gasteiger partial charge in [0.2, 0.25) is 5.72 Å². The van der Waals surface area contributed by atoms with Crippen molar-refractivity contribution in [1.82, 2.24) is 9.91 Å². The normalized spacial score (nSPS) is 23.6. The topological polar surface area (TPSA) is 28.1 Å². The Labute approximate surface area is 161 Å². The molecule has 3 aliphatic rings. The third-order valence-electron chi connectivity index (χ3n) is 6.38. The molecule has 1 fully saturated rings. The lowest BCUT2D eigenvalue weighted by Gasteiger charge is -2.51. The molecule has 3 aliphatic heterocycles. The van der Waals surface area contributed by atoms with Gasteiger partial charge in [-0.25, -0.2) is 5.01 Å². The van der Waals surface area contributed by atoms with Gasteiger partial charge in [0, 0.05) is 37.9 Å². The molecule has 2 aromatic carbocycles. The summed E-state index contributed by atoms with van der Waals surface area (Å²) in [6.45, 7) is 7.61. The summed E-state index contributed by atoms with van der Waals surface area (Å²) >= 11 is 0. The number of nitrogens with zero attached hydrogens (tertiary/aromatic N) is 3. The van der Waals surface area contributed by atoms with Gasteiger partial charge in [0.25, 0.3) is 0 Å². The zero-order valence-electron chi connectivity index (χ0n) is 16.2. The van der Waals surface area contributed by atoms with Crippen LogP contribution in [0.2, 0.25) is 0 Å². The molecule has 0 bridgehead atoms. The molecule has 0 saturated carbocycles. The Balaban J connectivity index is 1.54. The summed E-state index contributed by atoms with van der Waals surface area (Å²) in [6, 6.07) is 17.6. The Morgan fingerprint density at radius 2 is 1.81 bits per heavy atom. The van der Waals surface area contributed by atoms with Crippen LogP contribution in [0.25, 0.3) is 0 Å². The maximum atomic E-state index is 6.66. The van der Waals surface area contributed by atoms with Gasteiger partial charge in [-0.1, -0.05) is 55.0 Å². The molecule has 0 N–H and O–H groups in total. The van der Waals surface area contributed by atoms with Crippen LogP contribution in [0, 0.1) is 6.92 Å². The van der Waals surface area contributed by atoms with Crippen LogP contribution in [0.5, 0.6) is 5.75 Å². The zero-order valence-corrected chi connectivity index (χ0v) is 16.2. The van der Waals surface area contributed by atoms with Crippen LogP contribution in [-0.4, -0.2) is 41.0 Å². The minimum atomic E-state index is -0.308. The molecule has 1 unspecified atom stereocenters. The van der Waals surface area contributed by atoms with Crippen molar-refractivity contribution in [3.63, 3.8) is 0 Å². The fourth-order valence-corrected chi connectivity index (χ4v) is 4.70. The predicted octanol–water partition coefficient (Wildman–Crippen LogP) is 4.35. The van der Waals surface area contributed by atoms with E-state index in [-0.39, 0.29) is 11.8 Å². The summed E-state index contributed by atoms with van der Waals surface area (Å²) < 4.78 is 6.66. The molecule has 1 spiro atoms. The van der Waals surface area contributed by atoms with E-state index in [1.807, 2.05) is 0 Å². The van der Waals surface area contributed by atoms with Crippen LogP contribution >= 0.6 is 0 Å². The fraction of sp³-hybridized carbons (Fsp3) is 0.435. The molecule has 0 amide bonds.